The van der Waals surface area contributed by atoms with E-state index in [2.05, 4.69) is 12.2 Å². The average molecular weight is 282 g/mol. The third-order valence-electron chi connectivity index (χ3n) is 3.59. The van der Waals surface area contributed by atoms with E-state index < -0.39 is 0 Å². The van der Waals surface area contributed by atoms with Gasteiger partial charge in [-0.1, -0.05) is 55.5 Å². The van der Waals surface area contributed by atoms with Gasteiger partial charge in [0.1, 0.15) is 0 Å². The van der Waals surface area contributed by atoms with E-state index in [1.807, 2.05) is 54.6 Å². The van der Waals surface area contributed by atoms with Crippen molar-refractivity contribution >= 4 is 5.91 Å². The minimum Gasteiger partial charge on any atom is -0.345 e. The Morgan fingerprint density at radius 3 is 2.43 bits per heavy atom. The van der Waals surface area contributed by atoms with Crippen molar-refractivity contribution in [1.82, 2.24) is 5.32 Å². The van der Waals surface area contributed by atoms with Crippen LogP contribution in [-0.4, -0.2) is 12.5 Å². The lowest BCUT2D eigenvalue weighted by atomic mass is 10.0. The highest BCUT2D eigenvalue weighted by Gasteiger charge is 2.15. The van der Waals surface area contributed by atoms with Gasteiger partial charge in [0.05, 0.1) is 6.04 Å². The summed E-state index contributed by atoms with van der Waals surface area (Å²) in [4.78, 5) is 12.5. The van der Waals surface area contributed by atoms with Gasteiger partial charge in [0.25, 0.3) is 5.91 Å². The molecule has 0 saturated carbocycles. The van der Waals surface area contributed by atoms with E-state index in [-0.39, 0.29) is 11.9 Å². The first-order valence-corrected chi connectivity index (χ1v) is 7.40. The van der Waals surface area contributed by atoms with E-state index in [0.717, 1.165) is 23.1 Å². The molecular weight excluding hydrogens is 260 g/mol. The van der Waals surface area contributed by atoms with Crippen molar-refractivity contribution in [3.05, 3.63) is 71.3 Å². The van der Waals surface area contributed by atoms with E-state index in [9.17, 15) is 4.79 Å². The fraction of sp³-hybridized carbons (Fsp3) is 0.278. The molecule has 2 aromatic carbocycles. The first-order chi connectivity index (χ1) is 10.3. The topological polar surface area (TPSA) is 55.1 Å². The summed E-state index contributed by atoms with van der Waals surface area (Å²) in [6, 6.07) is 17.7. The Hall–Kier alpha value is -2.13. The van der Waals surface area contributed by atoms with E-state index >= 15 is 0 Å². The molecule has 21 heavy (non-hydrogen) atoms. The van der Waals surface area contributed by atoms with Gasteiger partial charge in [-0.05, 0) is 36.6 Å². The van der Waals surface area contributed by atoms with Gasteiger partial charge in [-0.15, -0.1) is 0 Å². The Labute approximate surface area is 126 Å². The number of rotatable bonds is 6. The van der Waals surface area contributed by atoms with Gasteiger partial charge < -0.3 is 11.1 Å². The summed E-state index contributed by atoms with van der Waals surface area (Å²) in [6.45, 7) is 2.61. The number of benzene rings is 2. The van der Waals surface area contributed by atoms with Crippen LogP contribution in [-0.2, 0) is 6.42 Å². The lowest BCUT2D eigenvalue weighted by molar-refractivity contribution is 0.0934. The van der Waals surface area contributed by atoms with Gasteiger partial charge in [-0.25, -0.2) is 0 Å². The Bertz CT molecular complexity index is 581. The molecule has 0 aliphatic carbocycles. The highest BCUT2D eigenvalue weighted by atomic mass is 16.1. The fourth-order valence-electron chi connectivity index (χ4n) is 2.46. The molecule has 0 radical (unpaired) electrons. The minimum absolute atomic E-state index is 0.0321. The summed E-state index contributed by atoms with van der Waals surface area (Å²) in [6.07, 6.45) is 1.57. The van der Waals surface area contributed by atoms with E-state index in [0.29, 0.717) is 13.0 Å². The molecule has 0 aliphatic rings. The van der Waals surface area contributed by atoms with Gasteiger partial charge in [-0.2, -0.15) is 0 Å². The zero-order chi connectivity index (χ0) is 15.1. The second kappa shape index (κ2) is 7.60. The van der Waals surface area contributed by atoms with E-state index in [4.69, 9.17) is 5.73 Å². The SMILES string of the molecule is CCC(NC(=O)c1ccccc1CCN)c1ccccc1. The quantitative estimate of drug-likeness (QED) is 0.855. The molecule has 1 unspecified atom stereocenters. The third kappa shape index (κ3) is 3.92. The molecule has 2 rings (SSSR count). The second-order valence-corrected chi connectivity index (χ2v) is 5.04. The number of carbonyl (C=O) groups is 1. The molecule has 3 N–H and O–H groups in total. The van der Waals surface area contributed by atoms with Crippen LogP contribution in [0.3, 0.4) is 0 Å². The molecule has 0 fully saturated rings. The maximum atomic E-state index is 12.5. The van der Waals surface area contributed by atoms with Crippen molar-refractivity contribution in [3.8, 4) is 0 Å². The van der Waals surface area contributed by atoms with Crippen molar-refractivity contribution in [2.24, 2.45) is 5.73 Å². The molecule has 0 bridgehead atoms. The Morgan fingerprint density at radius 2 is 1.76 bits per heavy atom. The van der Waals surface area contributed by atoms with Crippen molar-refractivity contribution in [3.63, 3.8) is 0 Å². The molecule has 0 spiro atoms. The average Bonchev–Trinajstić information content (AvgIpc) is 2.54. The maximum absolute atomic E-state index is 12.5. The highest BCUT2D eigenvalue weighted by molar-refractivity contribution is 5.95. The molecule has 2 aromatic rings. The van der Waals surface area contributed by atoms with Crippen LogP contribution in [0.1, 0.15) is 40.9 Å². The van der Waals surface area contributed by atoms with Gasteiger partial charge in [0.2, 0.25) is 0 Å². The van der Waals surface area contributed by atoms with Gasteiger partial charge in [0, 0.05) is 5.56 Å². The molecule has 0 saturated heterocycles. The minimum atomic E-state index is -0.0326. The standard InChI is InChI=1S/C18H22N2O/c1-2-17(15-9-4-3-5-10-15)20-18(21)16-11-7-6-8-14(16)12-13-19/h3-11,17H,2,12-13,19H2,1H3,(H,20,21). The molecule has 110 valence electrons. The first-order valence-electron chi connectivity index (χ1n) is 7.40. The number of nitrogens with one attached hydrogen (secondary N) is 1. The lowest BCUT2D eigenvalue weighted by Crippen LogP contribution is -2.29. The van der Waals surface area contributed by atoms with Gasteiger partial charge in [-0.3, -0.25) is 4.79 Å². The normalized spacial score (nSPS) is 11.9. The summed E-state index contributed by atoms with van der Waals surface area (Å²) >= 11 is 0. The van der Waals surface area contributed by atoms with Crippen LogP contribution in [0.15, 0.2) is 54.6 Å². The summed E-state index contributed by atoms with van der Waals surface area (Å²) in [7, 11) is 0. The van der Waals surface area contributed by atoms with Crippen LogP contribution in [0, 0.1) is 0 Å². The number of nitrogens with two attached hydrogens (primary N) is 1. The molecule has 0 aromatic heterocycles. The number of carbonyl (C=O) groups excluding carboxylic acids is 1. The highest BCUT2D eigenvalue weighted by Crippen LogP contribution is 2.18. The smallest absolute Gasteiger partial charge is 0.252 e. The molecule has 3 nitrogen and oxygen atoms in total. The molecular formula is C18H22N2O. The molecule has 1 atom stereocenters. The number of hydrogen-bond donors (Lipinski definition) is 2. The second-order valence-electron chi connectivity index (χ2n) is 5.04. The number of amides is 1. The van der Waals surface area contributed by atoms with Gasteiger partial charge in [0.15, 0.2) is 0 Å². The van der Waals surface area contributed by atoms with E-state index in [1.54, 1.807) is 0 Å². The first kappa shape index (κ1) is 15.3. The third-order valence-corrected chi connectivity index (χ3v) is 3.59. The van der Waals surface area contributed by atoms with Crippen LogP contribution in [0.4, 0.5) is 0 Å². The lowest BCUT2D eigenvalue weighted by Gasteiger charge is -2.18. The van der Waals surface area contributed by atoms with Crippen molar-refractivity contribution in [2.45, 2.75) is 25.8 Å². The molecule has 3 heteroatoms. The largest absolute Gasteiger partial charge is 0.345 e. The van der Waals surface area contributed by atoms with Crippen LogP contribution < -0.4 is 11.1 Å². The zero-order valence-electron chi connectivity index (χ0n) is 12.4. The summed E-state index contributed by atoms with van der Waals surface area (Å²) in [5.74, 6) is -0.0326. The van der Waals surface area contributed by atoms with Gasteiger partial charge >= 0.3 is 0 Å². The van der Waals surface area contributed by atoms with Crippen molar-refractivity contribution in [1.29, 1.82) is 0 Å². The Balaban J connectivity index is 2.17. The van der Waals surface area contributed by atoms with Crippen LogP contribution >= 0.6 is 0 Å². The van der Waals surface area contributed by atoms with Crippen LogP contribution in [0.25, 0.3) is 0 Å². The van der Waals surface area contributed by atoms with Crippen LogP contribution in [0.2, 0.25) is 0 Å². The Kier molecular flexibility index (Phi) is 5.52. The summed E-state index contributed by atoms with van der Waals surface area (Å²) < 4.78 is 0. The predicted molar refractivity (Wildman–Crippen MR) is 86.1 cm³/mol. The Morgan fingerprint density at radius 1 is 1.10 bits per heavy atom. The van der Waals surface area contributed by atoms with Crippen molar-refractivity contribution < 1.29 is 4.79 Å². The molecule has 1 amide bonds. The predicted octanol–water partition coefficient (Wildman–Crippen LogP) is 3.07. The summed E-state index contributed by atoms with van der Waals surface area (Å²) in [5.41, 5.74) is 8.47. The zero-order valence-corrected chi connectivity index (χ0v) is 12.4. The monoisotopic (exact) mass is 282 g/mol. The number of hydrogen-bond acceptors (Lipinski definition) is 2. The summed E-state index contributed by atoms with van der Waals surface area (Å²) in [5, 5.41) is 3.12. The fourth-order valence-corrected chi connectivity index (χ4v) is 2.46. The van der Waals surface area contributed by atoms with Crippen LogP contribution in [0.5, 0.6) is 0 Å². The molecule has 0 heterocycles. The maximum Gasteiger partial charge on any atom is 0.252 e. The molecule has 0 aliphatic heterocycles. The van der Waals surface area contributed by atoms with Crippen molar-refractivity contribution in [2.75, 3.05) is 6.54 Å². The van der Waals surface area contributed by atoms with E-state index in [1.165, 1.54) is 0 Å².